The molecule has 58 heavy (non-hydrogen) atoms. The molecular weight excluding hydrogens is 790 g/mol. The van der Waals surface area contributed by atoms with Gasteiger partial charge in [-0.15, -0.1) is 21.5 Å². The minimum Gasteiger partial charge on any atom is -0.360 e. The van der Waals surface area contributed by atoms with E-state index in [0.29, 0.717) is 46.0 Å². The number of aromatic amines is 1. The Hall–Kier alpha value is -5.42. The zero-order chi connectivity index (χ0) is 41.1. The molecule has 0 fully saturated rings. The summed E-state index contributed by atoms with van der Waals surface area (Å²) in [5, 5.41) is 23.7. The van der Waals surface area contributed by atoms with E-state index in [-0.39, 0.29) is 28.8 Å². The molecule has 1 aliphatic rings. The number of Topliss-reactive ketones (excluding diaryl/α,β-unsaturated/α-hetero) is 1. The Kier molecular flexibility index (Phi) is 12.1. The lowest BCUT2D eigenvalue weighted by Crippen LogP contribution is -2.24. The lowest BCUT2D eigenvalue weighted by molar-refractivity contribution is -0.119. The minimum atomic E-state index is -3.71. The number of unbranched alkanes of at least 4 members (excludes halogenated alkanes) is 4. The number of fused-ring (bicyclic) bond motifs is 4. The molecule has 7 rings (SSSR count). The van der Waals surface area contributed by atoms with Crippen LogP contribution in [0.2, 0.25) is 5.02 Å². The quantitative estimate of drug-likeness (QED) is 0.0975. The number of H-pyrrole nitrogens is 1. The first kappa shape index (κ1) is 40.8. The number of aromatic nitrogens is 4. The fourth-order valence-corrected chi connectivity index (χ4v) is 10.2. The Morgan fingerprint density at radius 3 is 2.41 bits per heavy atom. The molecule has 6 aromatic rings. The molecule has 0 unspecified atom stereocenters. The Bertz CT molecular complexity index is 2700. The molecule has 1 amide bonds. The van der Waals surface area contributed by atoms with E-state index in [1.807, 2.05) is 44.2 Å². The van der Waals surface area contributed by atoms with Crippen molar-refractivity contribution in [2.75, 3.05) is 6.54 Å². The summed E-state index contributed by atoms with van der Waals surface area (Å²) in [6.45, 7) is 8.51. The second-order valence-electron chi connectivity index (χ2n) is 14.8. The van der Waals surface area contributed by atoms with Crippen molar-refractivity contribution in [2.45, 2.75) is 89.3 Å². The maximum atomic E-state index is 13.4. The molecule has 298 valence electrons. The summed E-state index contributed by atoms with van der Waals surface area (Å²) < 4.78 is 28.7. The first-order chi connectivity index (χ1) is 27.9. The van der Waals surface area contributed by atoms with Crippen LogP contribution in [0.5, 0.6) is 0 Å². The number of rotatable bonds is 15. The SMILES string of the molecule is Cc1sc2c(c1C)C(c1ccc(Cl)cc1)=N[C@@H](CC(=O)CCCCCCCNC(=O)c1ccc(S(=O)(=O)Cc3ccc(C)c4c(C#N)c[nH]c34)cc1)c1nnc(C)n1-2. The van der Waals surface area contributed by atoms with Gasteiger partial charge in [0.15, 0.2) is 15.7 Å². The normalized spacial score (nSPS) is 13.7. The van der Waals surface area contributed by atoms with E-state index in [0.717, 1.165) is 76.3 Å². The number of nitriles is 1. The van der Waals surface area contributed by atoms with Crippen molar-refractivity contribution in [3.05, 3.63) is 127 Å². The van der Waals surface area contributed by atoms with Gasteiger partial charge in [0.25, 0.3) is 5.91 Å². The number of hydrogen-bond acceptors (Lipinski definition) is 9. The van der Waals surface area contributed by atoms with Crippen molar-refractivity contribution in [2.24, 2.45) is 4.99 Å². The lowest BCUT2D eigenvalue weighted by atomic mass is 9.99. The predicted octanol–water partition coefficient (Wildman–Crippen LogP) is 9.16. The van der Waals surface area contributed by atoms with Crippen molar-refractivity contribution in [3.63, 3.8) is 0 Å². The van der Waals surface area contributed by atoms with Gasteiger partial charge in [-0.3, -0.25) is 19.1 Å². The van der Waals surface area contributed by atoms with E-state index in [9.17, 15) is 23.3 Å². The van der Waals surface area contributed by atoms with Crippen molar-refractivity contribution in [3.8, 4) is 11.1 Å². The van der Waals surface area contributed by atoms with Gasteiger partial charge in [-0.1, -0.05) is 55.1 Å². The molecule has 0 saturated carbocycles. The molecule has 1 aliphatic heterocycles. The molecule has 14 heteroatoms. The molecule has 2 N–H and O–H groups in total. The number of hydrogen-bond donors (Lipinski definition) is 2. The van der Waals surface area contributed by atoms with Crippen LogP contribution in [-0.4, -0.2) is 52.1 Å². The van der Waals surface area contributed by atoms with Gasteiger partial charge in [0.2, 0.25) is 0 Å². The molecule has 0 aliphatic carbocycles. The summed E-state index contributed by atoms with van der Waals surface area (Å²) >= 11 is 7.91. The molecular formula is C44H44ClN7O4S2. The van der Waals surface area contributed by atoms with Gasteiger partial charge in [-0.2, -0.15) is 5.26 Å². The number of sulfone groups is 1. The number of carbonyl (C=O) groups is 2. The number of carbonyl (C=O) groups excluding carboxylic acids is 2. The van der Waals surface area contributed by atoms with Crippen LogP contribution in [0.3, 0.4) is 0 Å². The number of aliphatic imine (C=N–C) groups is 1. The molecule has 0 bridgehead atoms. The third kappa shape index (κ3) is 8.41. The molecule has 11 nitrogen and oxygen atoms in total. The molecule has 0 radical (unpaired) electrons. The summed E-state index contributed by atoms with van der Waals surface area (Å²) in [5.74, 6) is 1.05. The van der Waals surface area contributed by atoms with Gasteiger partial charge in [-0.25, -0.2) is 8.42 Å². The van der Waals surface area contributed by atoms with Gasteiger partial charge in [-0.05, 0) is 93.6 Å². The summed E-state index contributed by atoms with van der Waals surface area (Å²) in [7, 11) is -3.71. The largest absolute Gasteiger partial charge is 0.360 e. The van der Waals surface area contributed by atoms with Crippen LogP contribution >= 0.6 is 22.9 Å². The van der Waals surface area contributed by atoms with Crippen LogP contribution in [0, 0.1) is 39.0 Å². The highest BCUT2D eigenvalue weighted by Crippen LogP contribution is 2.40. The molecule has 3 aromatic heterocycles. The molecule has 3 aromatic carbocycles. The van der Waals surface area contributed by atoms with Crippen LogP contribution in [-0.2, 0) is 20.4 Å². The summed E-state index contributed by atoms with van der Waals surface area (Å²) in [4.78, 5) is 35.8. The van der Waals surface area contributed by atoms with E-state index < -0.39 is 15.9 Å². The average molecular weight is 834 g/mol. The zero-order valence-electron chi connectivity index (χ0n) is 32.9. The monoisotopic (exact) mass is 833 g/mol. The second-order valence-corrected chi connectivity index (χ2v) is 18.4. The van der Waals surface area contributed by atoms with E-state index >= 15 is 0 Å². The van der Waals surface area contributed by atoms with Crippen molar-refractivity contribution in [1.82, 2.24) is 25.1 Å². The van der Waals surface area contributed by atoms with Crippen molar-refractivity contribution < 1.29 is 18.0 Å². The maximum absolute atomic E-state index is 13.4. The number of aryl methyl sites for hydroxylation is 3. The van der Waals surface area contributed by atoms with E-state index in [4.69, 9.17) is 16.6 Å². The number of nitrogens with zero attached hydrogens (tertiary/aromatic N) is 5. The Morgan fingerprint density at radius 1 is 0.948 bits per heavy atom. The number of ketones is 1. The van der Waals surface area contributed by atoms with Crippen molar-refractivity contribution >= 4 is 61.1 Å². The van der Waals surface area contributed by atoms with Gasteiger partial charge < -0.3 is 10.3 Å². The van der Waals surface area contributed by atoms with Crippen LogP contribution in [0.1, 0.15) is 111 Å². The van der Waals surface area contributed by atoms with Gasteiger partial charge in [0, 0.05) is 57.6 Å². The number of amides is 1. The van der Waals surface area contributed by atoms with Crippen LogP contribution < -0.4 is 5.32 Å². The van der Waals surface area contributed by atoms with Crippen LogP contribution in [0.15, 0.2) is 76.7 Å². The summed E-state index contributed by atoms with van der Waals surface area (Å²) in [6.07, 6.45) is 6.53. The van der Waals surface area contributed by atoms with E-state index in [2.05, 4.69) is 45.0 Å². The topological polar surface area (TPSA) is 163 Å². The number of nitrogens with one attached hydrogen (secondary N) is 2. The standard InChI is InChI=1S/C44H44ClN7O4S2/c1-26-11-12-32(40-38(26)33(23-46)24-48-40)25-58(55,56)36-19-15-31(16-20-36)43(54)47-21-9-7-5-6-8-10-35(53)22-37-42-51-50-29(4)52(42)44-39(27(2)28(3)57-44)41(49-37)30-13-17-34(45)18-14-30/h11-20,24,37,48H,5-10,21-22,25H2,1-4H3,(H,47,54)/t37-/m0/s1. The highest BCUT2D eigenvalue weighted by atomic mass is 35.5. The number of benzene rings is 3. The third-order valence-electron chi connectivity index (χ3n) is 10.8. The van der Waals surface area contributed by atoms with E-state index in [1.54, 1.807) is 23.6 Å². The van der Waals surface area contributed by atoms with Gasteiger partial charge >= 0.3 is 0 Å². The van der Waals surface area contributed by atoms with E-state index in [1.165, 1.54) is 29.1 Å². The highest BCUT2D eigenvalue weighted by Gasteiger charge is 2.32. The third-order valence-corrected chi connectivity index (χ3v) is 13.9. The number of halogens is 1. The maximum Gasteiger partial charge on any atom is 0.251 e. The first-order valence-electron chi connectivity index (χ1n) is 19.3. The number of thiophene rings is 1. The van der Waals surface area contributed by atoms with Gasteiger partial charge in [0.05, 0.1) is 27.4 Å². The van der Waals surface area contributed by atoms with Crippen molar-refractivity contribution in [1.29, 1.82) is 5.26 Å². The molecule has 1 atom stereocenters. The molecule has 0 spiro atoms. The second kappa shape index (κ2) is 17.2. The summed E-state index contributed by atoms with van der Waals surface area (Å²) in [5.41, 5.74) is 6.91. The lowest BCUT2D eigenvalue weighted by Gasteiger charge is -2.12. The molecule has 4 heterocycles. The Balaban J connectivity index is 0.871. The average Bonchev–Trinajstić information content (AvgIpc) is 3.88. The fourth-order valence-electron chi connectivity index (χ4n) is 7.52. The zero-order valence-corrected chi connectivity index (χ0v) is 35.2. The van der Waals surface area contributed by atoms with Crippen LogP contribution in [0.25, 0.3) is 15.9 Å². The minimum absolute atomic E-state index is 0.119. The fraction of sp³-hybridized carbons (Fsp3) is 0.318. The smallest absolute Gasteiger partial charge is 0.251 e. The van der Waals surface area contributed by atoms with Crippen LogP contribution in [0.4, 0.5) is 0 Å². The summed E-state index contributed by atoms with van der Waals surface area (Å²) in [6, 6.07) is 18.9. The van der Waals surface area contributed by atoms with Gasteiger partial charge in [0.1, 0.15) is 28.7 Å². The Labute approximate surface area is 347 Å². The highest BCUT2D eigenvalue weighted by molar-refractivity contribution is 7.90. The predicted molar refractivity (Wildman–Crippen MR) is 228 cm³/mol. The Morgan fingerprint density at radius 2 is 1.67 bits per heavy atom. The first-order valence-corrected chi connectivity index (χ1v) is 22.2. The molecule has 0 saturated heterocycles.